The highest BCUT2D eigenvalue weighted by Gasteiger charge is 2.16. The molecule has 150 valence electrons. The molecule has 1 saturated heterocycles. The summed E-state index contributed by atoms with van der Waals surface area (Å²) < 4.78 is 15.9. The van der Waals surface area contributed by atoms with Gasteiger partial charge in [0.1, 0.15) is 11.5 Å². The van der Waals surface area contributed by atoms with Crippen molar-refractivity contribution in [3.63, 3.8) is 0 Å². The molecule has 0 aromatic heterocycles. The number of carbonyl (C=O) groups excluding carboxylic acids is 1. The zero-order valence-electron chi connectivity index (χ0n) is 16.0. The van der Waals surface area contributed by atoms with Crippen LogP contribution in [0.15, 0.2) is 36.4 Å². The van der Waals surface area contributed by atoms with E-state index < -0.39 is 0 Å². The number of amides is 1. The Kier molecular flexibility index (Phi) is 6.84. The number of morpholine rings is 1. The lowest BCUT2D eigenvalue weighted by molar-refractivity contribution is -0.114. The second-order valence-electron chi connectivity index (χ2n) is 6.26. The van der Waals surface area contributed by atoms with Crippen LogP contribution in [0.5, 0.6) is 11.5 Å². The lowest BCUT2D eigenvalue weighted by atomic mass is 10.2. The number of carbonyl (C=O) groups is 1. The predicted octanol–water partition coefficient (Wildman–Crippen LogP) is 3.24. The first-order valence-electron chi connectivity index (χ1n) is 8.98. The van der Waals surface area contributed by atoms with Crippen LogP contribution in [0.4, 0.5) is 17.1 Å². The molecular weight excluding hydrogens is 382 g/mol. The third kappa shape index (κ3) is 5.21. The van der Waals surface area contributed by atoms with Crippen molar-refractivity contribution in [3.05, 3.63) is 41.4 Å². The summed E-state index contributed by atoms with van der Waals surface area (Å²) in [4.78, 5) is 14.7. The van der Waals surface area contributed by atoms with Gasteiger partial charge in [-0.15, -0.1) is 0 Å². The molecule has 0 saturated carbocycles. The summed E-state index contributed by atoms with van der Waals surface area (Å²) >= 11 is 6.16. The van der Waals surface area contributed by atoms with E-state index in [-0.39, 0.29) is 12.5 Å². The van der Waals surface area contributed by atoms with Gasteiger partial charge in [0.25, 0.3) is 0 Å². The third-order valence-electron chi connectivity index (χ3n) is 4.38. The molecule has 0 aliphatic carbocycles. The van der Waals surface area contributed by atoms with Crippen molar-refractivity contribution in [2.24, 2.45) is 0 Å². The molecule has 28 heavy (non-hydrogen) atoms. The molecule has 2 aromatic carbocycles. The van der Waals surface area contributed by atoms with Crippen molar-refractivity contribution in [2.75, 3.05) is 62.6 Å². The quantitative estimate of drug-likeness (QED) is 0.736. The SMILES string of the molecule is COc1cc(NC(=O)CNc2cc(Cl)ccc2N2CCOCC2)cc(OC)c1. The Morgan fingerprint density at radius 2 is 1.79 bits per heavy atom. The molecule has 7 nitrogen and oxygen atoms in total. The Labute approximate surface area is 169 Å². The first kappa shape index (κ1) is 20.1. The van der Waals surface area contributed by atoms with Crippen LogP contribution in [0, 0.1) is 0 Å². The van der Waals surface area contributed by atoms with E-state index in [1.165, 1.54) is 0 Å². The van der Waals surface area contributed by atoms with E-state index >= 15 is 0 Å². The minimum Gasteiger partial charge on any atom is -0.497 e. The van der Waals surface area contributed by atoms with Crippen LogP contribution < -0.4 is 25.0 Å². The molecule has 2 aromatic rings. The van der Waals surface area contributed by atoms with Crippen molar-refractivity contribution in [1.29, 1.82) is 0 Å². The van der Waals surface area contributed by atoms with Gasteiger partial charge in [0, 0.05) is 42.0 Å². The second kappa shape index (κ2) is 9.52. The molecule has 2 N–H and O–H groups in total. The Bertz CT molecular complexity index is 803. The molecule has 1 fully saturated rings. The number of benzene rings is 2. The summed E-state index contributed by atoms with van der Waals surface area (Å²) in [5, 5.41) is 6.64. The average Bonchev–Trinajstić information content (AvgIpc) is 2.72. The smallest absolute Gasteiger partial charge is 0.243 e. The van der Waals surface area contributed by atoms with E-state index in [1.54, 1.807) is 32.4 Å². The average molecular weight is 406 g/mol. The number of halogens is 1. The van der Waals surface area contributed by atoms with E-state index in [4.69, 9.17) is 25.8 Å². The molecule has 0 radical (unpaired) electrons. The molecular formula is C20H24ClN3O4. The van der Waals surface area contributed by atoms with Crippen LogP contribution >= 0.6 is 11.6 Å². The van der Waals surface area contributed by atoms with Gasteiger partial charge in [0.2, 0.25) is 5.91 Å². The van der Waals surface area contributed by atoms with Crippen LogP contribution in [0.2, 0.25) is 5.02 Å². The van der Waals surface area contributed by atoms with Crippen LogP contribution in [0.3, 0.4) is 0 Å². The maximum absolute atomic E-state index is 12.4. The van der Waals surface area contributed by atoms with Gasteiger partial charge < -0.3 is 29.7 Å². The van der Waals surface area contributed by atoms with E-state index in [1.807, 2.05) is 18.2 Å². The molecule has 0 unspecified atom stereocenters. The zero-order valence-corrected chi connectivity index (χ0v) is 16.7. The minimum atomic E-state index is -0.191. The first-order chi connectivity index (χ1) is 13.6. The molecule has 8 heteroatoms. The fraction of sp³-hybridized carbons (Fsp3) is 0.350. The Morgan fingerprint density at radius 3 is 2.43 bits per heavy atom. The number of ether oxygens (including phenoxy) is 3. The predicted molar refractivity (Wildman–Crippen MR) is 111 cm³/mol. The van der Waals surface area contributed by atoms with Gasteiger partial charge in [0.05, 0.1) is 45.4 Å². The van der Waals surface area contributed by atoms with Crippen LogP contribution in [-0.2, 0) is 9.53 Å². The van der Waals surface area contributed by atoms with Crippen LogP contribution in [0.25, 0.3) is 0 Å². The van der Waals surface area contributed by atoms with Gasteiger partial charge >= 0.3 is 0 Å². The van der Waals surface area contributed by atoms with Crippen LogP contribution in [0.1, 0.15) is 0 Å². The summed E-state index contributed by atoms with van der Waals surface area (Å²) in [7, 11) is 3.13. The molecule has 1 heterocycles. The number of nitrogens with one attached hydrogen (secondary N) is 2. The Balaban J connectivity index is 1.67. The lowest BCUT2D eigenvalue weighted by Gasteiger charge is -2.30. The van der Waals surface area contributed by atoms with Gasteiger partial charge in [0.15, 0.2) is 0 Å². The van der Waals surface area contributed by atoms with Crippen LogP contribution in [-0.4, -0.2) is 53.0 Å². The number of hydrogen-bond acceptors (Lipinski definition) is 6. The summed E-state index contributed by atoms with van der Waals surface area (Å²) in [6.45, 7) is 3.05. The van der Waals surface area contributed by atoms with E-state index in [0.29, 0.717) is 35.4 Å². The molecule has 0 bridgehead atoms. The Hall–Kier alpha value is -2.64. The van der Waals surface area contributed by atoms with Gasteiger partial charge in [-0.1, -0.05) is 11.6 Å². The third-order valence-corrected chi connectivity index (χ3v) is 4.62. The highest BCUT2D eigenvalue weighted by molar-refractivity contribution is 6.31. The topological polar surface area (TPSA) is 72.1 Å². The minimum absolute atomic E-state index is 0.0945. The lowest BCUT2D eigenvalue weighted by Crippen LogP contribution is -2.36. The van der Waals surface area contributed by atoms with Gasteiger partial charge in [-0.25, -0.2) is 0 Å². The molecule has 1 aliphatic rings. The number of nitrogens with zero attached hydrogens (tertiary/aromatic N) is 1. The highest BCUT2D eigenvalue weighted by atomic mass is 35.5. The molecule has 3 rings (SSSR count). The standard InChI is InChI=1S/C20H24ClN3O4/c1-26-16-10-15(11-17(12-16)27-2)23-20(25)13-22-18-9-14(21)3-4-19(18)24-5-7-28-8-6-24/h3-4,9-12,22H,5-8,13H2,1-2H3,(H,23,25). The number of rotatable bonds is 7. The van der Waals surface area contributed by atoms with Gasteiger partial charge in [-0.3, -0.25) is 4.79 Å². The summed E-state index contributed by atoms with van der Waals surface area (Å²) in [5.74, 6) is 1.02. The largest absolute Gasteiger partial charge is 0.497 e. The van der Waals surface area contributed by atoms with Crippen molar-refractivity contribution >= 4 is 34.6 Å². The summed E-state index contributed by atoms with van der Waals surface area (Å²) in [6, 6.07) is 10.8. The van der Waals surface area contributed by atoms with Crippen molar-refractivity contribution in [2.45, 2.75) is 0 Å². The second-order valence-corrected chi connectivity index (χ2v) is 6.70. The molecule has 0 spiro atoms. The maximum Gasteiger partial charge on any atom is 0.243 e. The van der Waals surface area contributed by atoms with Crippen molar-refractivity contribution < 1.29 is 19.0 Å². The maximum atomic E-state index is 12.4. The monoisotopic (exact) mass is 405 g/mol. The van der Waals surface area contributed by atoms with E-state index in [0.717, 1.165) is 24.5 Å². The van der Waals surface area contributed by atoms with E-state index in [2.05, 4.69) is 15.5 Å². The summed E-state index contributed by atoms with van der Waals surface area (Å²) in [5.41, 5.74) is 2.42. The number of methoxy groups -OCH3 is 2. The van der Waals surface area contributed by atoms with Crippen molar-refractivity contribution in [3.8, 4) is 11.5 Å². The normalized spacial score (nSPS) is 13.8. The molecule has 1 aliphatic heterocycles. The highest BCUT2D eigenvalue weighted by Crippen LogP contribution is 2.30. The summed E-state index contributed by atoms with van der Waals surface area (Å²) in [6.07, 6.45) is 0. The zero-order chi connectivity index (χ0) is 19.9. The molecule has 0 atom stereocenters. The fourth-order valence-electron chi connectivity index (χ4n) is 2.99. The van der Waals surface area contributed by atoms with E-state index in [9.17, 15) is 4.79 Å². The number of hydrogen-bond donors (Lipinski definition) is 2. The first-order valence-corrected chi connectivity index (χ1v) is 9.36. The number of anilines is 3. The van der Waals surface area contributed by atoms with Gasteiger partial charge in [-0.05, 0) is 18.2 Å². The Morgan fingerprint density at radius 1 is 1.11 bits per heavy atom. The van der Waals surface area contributed by atoms with Gasteiger partial charge in [-0.2, -0.15) is 0 Å². The van der Waals surface area contributed by atoms with Crippen molar-refractivity contribution in [1.82, 2.24) is 0 Å². The fourth-order valence-corrected chi connectivity index (χ4v) is 3.16. The molecule has 1 amide bonds.